The van der Waals surface area contributed by atoms with Crippen molar-refractivity contribution in [3.8, 4) is 0 Å². The van der Waals surface area contributed by atoms with Crippen LogP contribution in [-0.2, 0) is 18.4 Å². The average Bonchev–Trinajstić information content (AvgIpc) is 2.15. The smallest absolute Gasteiger partial charge is 0.251 e. The normalized spacial score (nSPS) is 16.2. The maximum absolute atomic E-state index is 11.9. The Morgan fingerprint density at radius 1 is 1.13 bits per heavy atom. The molecule has 82 valence electrons. The first-order chi connectivity index (χ1) is 6.98. The Morgan fingerprint density at radius 2 is 1.73 bits per heavy atom. The number of rotatable bonds is 0. The fourth-order valence-electron chi connectivity index (χ4n) is 2.23. The molecule has 0 amide bonds. The lowest BCUT2D eigenvalue weighted by Gasteiger charge is -2.25. The van der Waals surface area contributed by atoms with Gasteiger partial charge in [-0.1, -0.05) is 0 Å². The molecule has 0 spiro atoms. The van der Waals surface area contributed by atoms with E-state index >= 15 is 0 Å². The second-order valence-electron chi connectivity index (χ2n) is 5.41. The fourth-order valence-corrected chi connectivity index (χ4v) is 2.23. The van der Waals surface area contributed by atoms with Crippen LogP contribution in [0.4, 0.5) is 0 Å². The molecule has 0 fully saturated rings. The van der Waals surface area contributed by atoms with E-state index in [1.54, 1.807) is 0 Å². The third-order valence-electron chi connectivity index (χ3n) is 3.10. The van der Waals surface area contributed by atoms with Gasteiger partial charge in [0.05, 0.1) is 0 Å². The van der Waals surface area contributed by atoms with Crippen LogP contribution in [0.3, 0.4) is 0 Å². The lowest BCUT2D eigenvalue weighted by molar-refractivity contribution is 0.381. The summed E-state index contributed by atoms with van der Waals surface area (Å²) in [4.78, 5) is 11.9. The van der Waals surface area contributed by atoms with Crippen LogP contribution < -0.4 is 5.56 Å². The predicted molar refractivity (Wildman–Crippen MR) is 62.3 cm³/mol. The minimum Gasteiger partial charge on any atom is -0.310 e. The van der Waals surface area contributed by atoms with Crippen LogP contribution in [0.25, 0.3) is 0 Å². The molecule has 0 unspecified atom stereocenters. The molecule has 0 saturated carbocycles. The molecular formula is C13H19NO. The summed E-state index contributed by atoms with van der Waals surface area (Å²) in [7, 11) is 0. The molecule has 1 aromatic rings. The van der Waals surface area contributed by atoms with E-state index in [-0.39, 0.29) is 11.1 Å². The second-order valence-corrected chi connectivity index (χ2v) is 5.41. The fraction of sp³-hybridized carbons (Fsp3) is 0.615. The zero-order valence-electron chi connectivity index (χ0n) is 9.84. The molecule has 2 heteroatoms. The van der Waals surface area contributed by atoms with Gasteiger partial charge in [0.1, 0.15) is 0 Å². The van der Waals surface area contributed by atoms with Crippen molar-refractivity contribution in [2.75, 3.05) is 0 Å². The van der Waals surface area contributed by atoms with Gasteiger partial charge in [-0.2, -0.15) is 0 Å². The van der Waals surface area contributed by atoms with E-state index < -0.39 is 0 Å². The number of aryl methyl sites for hydroxylation is 2. The summed E-state index contributed by atoms with van der Waals surface area (Å²) in [5.41, 5.74) is 2.68. The molecule has 0 radical (unpaired) electrons. The molecular weight excluding hydrogens is 186 g/mol. The Hall–Kier alpha value is -1.05. The number of aromatic nitrogens is 1. The Labute approximate surface area is 90.9 Å². The van der Waals surface area contributed by atoms with Gasteiger partial charge < -0.3 is 4.57 Å². The van der Waals surface area contributed by atoms with Crippen molar-refractivity contribution in [3.05, 3.63) is 33.7 Å². The van der Waals surface area contributed by atoms with Crippen molar-refractivity contribution in [3.63, 3.8) is 0 Å². The zero-order chi connectivity index (χ0) is 11.1. The highest BCUT2D eigenvalue weighted by molar-refractivity contribution is 5.26. The first kappa shape index (κ1) is 10.5. The van der Waals surface area contributed by atoms with Gasteiger partial charge in [-0.3, -0.25) is 4.79 Å². The molecule has 1 aromatic heterocycles. The summed E-state index contributed by atoms with van der Waals surface area (Å²) in [6.45, 7) is 6.22. The first-order valence-electron chi connectivity index (χ1n) is 5.73. The average molecular weight is 205 g/mol. The van der Waals surface area contributed by atoms with E-state index in [0.717, 1.165) is 12.8 Å². The summed E-state index contributed by atoms with van der Waals surface area (Å²) in [6.07, 6.45) is 6.76. The monoisotopic (exact) mass is 205 g/mol. The molecule has 0 bridgehead atoms. The van der Waals surface area contributed by atoms with Gasteiger partial charge in [0.25, 0.3) is 5.56 Å². The van der Waals surface area contributed by atoms with Crippen LogP contribution in [0, 0.1) is 0 Å². The number of hydrogen-bond acceptors (Lipinski definition) is 1. The number of pyridine rings is 1. The predicted octanol–water partition coefficient (Wildman–Crippen LogP) is 2.48. The van der Waals surface area contributed by atoms with Crippen LogP contribution in [-0.4, -0.2) is 4.57 Å². The van der Waals surface area contributed by atoms with Gasteiger partial charge in [-0.15, -0.1) is 0 Å². The van der Waals surface area contributed by atoms with E-state index in [4.69, 9.17) is 0 Å². The molecule has 1 heterocycles. The van der Waals surface area contributed by atoms with Gasteiger partial charge in [-0.25, -0.2) is 0 Å². The van der Waals surface area contributed by atoms with Gasteiger partial charge in [0.2, 0.25) is 0 Å². The van der Waals surface area contributed by atoms with Gasteiger partial charge in [0.15, 0.2) is 0 Å². The highest BCUT2D eigenvalue weighted by Crippen LogP contribution is 2.21. The lowest BCUT2D eigenvalue weighted by Crippen LogP contribution is -2.34. The molecule has 0 N–H and O–H groups in total. The van der Waals surface area contributed by atoms with Crippen LogP contribution in [0.15, 0.2) is 17.1 Å². The number of fused-ring (bicyclic) bond motifs is 1. The van der Waals surface area contributed by atoms with E-state index in [0.29, 0.717) is 0 Å². The quantitative estimate of drug-likeness (QED) is 0.637. The third-order valence-corrected chi connectivity index (χ3v) is 3.10. The Kier molecular flexibility index (Phi) is 2.45. The maximum Gasteiger partial charge on any atom is 0.251 e. The van der Waals surface area contributed by atoms with Crippen molar-refractivity contribution in [2.24, 2.45) is 0 Å². The van der Waals surface area contributed by atoms with Crippen molar-refractivity contribution in [1.29, 1.82) is 0 Å². The van der Waals surface area contributed by atoms with E-state index in [1.165, 1.54) is 24.0 Å². The highest BCUT2D eigenvalue weighted by Gasteiger charge is 2.18. The summed E-state index contributed by atoms with van der Waals surface area (Å²) in [5, 5.41) is 0. The Balaban J connectivity index is 2.55. The summed E-state index contributed by atoms with van der Waals surface area (Å²) in [6, 6.07) is 1.83. The van der Waals surface area contributed by atoms with Crippen molar-refractivity contribution >= 4 is 0 Å². The topological polar surface area (TPSA) is 22.0 Å². The molecule has 15 heavy (non-hydrogen) atoms. The third kappa shape index (κ3) is 1.99. The van der Waals surface area contributed by atoms with E-state index in [2.05, 4.69) is 27.0 Å². The van der Waals surface area contributed by atoms with Crippen molar-refractivity contribution < 1.29 is 0 Å². The molecule has 0 aliphatic heterocycles. The van der Waals surface area contributed by atoms with Crippen LogP contribution in [0.2, 0.25) is 0 Å². The number of hydrogen-bond donors (Lipinski definition) is 0. The van der Waals surface area contributed by atoms with Gasteiger partial charge in [-0.05, 0) is 57.6 Å². The second kappa shape index (κ2) is 3.51. The van der Waals surface area contributed by atoms with E-state index in [9.17, 15) is 4.79 Å². The zero-order valence-corrected chi connectivity index (χ0v) is 9.84. The summed E-state index contributed by atoms with van der Waals surface area (Å²) >= 11 is 0. The molecule has 0 saturated heterocycles. The number of nitrogens with zero attached hydrogens (tertiary/aromatic N) is 1. The Bertz CT molecular complexity index is 423. The summed E-state index contributed by atoms with van der Waals surface area (Å²) in [5.74, 6) is 0. The molecule has 0 atom stereocenters. The van der Waals surface area contributed by atoms with Crippen LogP contribution in [0.1, 0.15) is 44.7 Å². The molecule has 1 aliphatic carbocycles. The first-order valence-corrected chi connectivity index (χ1v) is 5.73. The van der Waals surface area contributed by atoms with Crippen molar-refractivity contribution in [2.45, 2.75) is 52.0 Å². The standard InChI is InChI=1S/C13H19NO/c1-13(2,3)14-9-11-7-5-4-6-10(11)8-12(14)15/h8-9H,4-7H2,1-3H3. The van der Waals surface area contributed by atoms with E-state index in [1.807, 2.05) is 10.6 Å². The van der Waals surface area contributed by atoms with Crippen molar-refractivity contribution in [1.82, 2.24) is 4.57 Å². The minimum atomic E-state index is -0.108. The maximum atomic E-state index is 11.9. The molecule has 0 aromatic carbocycles. The minimum absolute atomic E-state index is 0.108. The van der Waals surface area contributed by atoms with Crippen LogP contribution >= 0.6 is 0 Å². The lowest BCUT2D eigenvalue weighted by atomic mass is 9.93. The van der Waals surface area contributed by atoms with Gasteiger partial charge in [0, 0.05) is 17.8 Å². The molecule has 2 nitrogen and oxygen atoms in total. The summed E-state index contributed by atoms with van der Waals surface area (Å²) < 4.78 is 1.86. The van der Waals surface area contributed by atoms with Crippen LogP contribution in [0.5, 0.6) is 0 Å². The SMILES string of the molecule is CC(C)(C)n1cc2c(cc1=O)CCCC2. The largest absolute Gasteiger partial charge is 0.310 e. The Morgan fingerprint density at radius 3 is 2.33 bits per heavy atom. The molecule has 2 rings (SSSR count). The van der Waals surface area contributed by atoms with Gasteiger partial charge >= 0.3 is 0 Å². The molecule has 1 aliphatic rings. The highest BCUT2D eigenvalue weighted by atomic mass is 16.1.